The summed E-state index contributed by atoms with van der Waals surface area (Å²) in [6, 6.07) is 1.80. The van der Waals surface area contributed by atoms with E-state index in [9.17, 15) is 0 Å². The molecule has 0 amide bonds. The Bertz CT molecular complexity index is 290. The Morgan fingerprint density at radius 3 is 2.90 bits per heavy atom. The molecule has 0 aliphatic heterocycles. The molecule has 1 aromatic rings. The van der Waals surface area contributed by atoms with Crippen LogP contribution in [0.4, 0.5) is 5.82 Å². The number of nitrogens with two attached hydrogens (primary N) is 1. The first-order valence-electron chi connectivity index (χ1n) is 2.42. The van der Waals surface area contributed by atoms with E-state index in [0.717, 1.165) is 0 Å². The highest BCUT2D eigenvalue weighted by Gasteiger charge is 1.99. The number of nitrogens with zero attached hydrogens (tertiary/aromatic N) is 3. The number of hydrogen-bond donors (Lipinski definition) is 1. The van der Waals surface area contributed by atoms with Crippen LogP contribution in [-0.2, 0) is 0 Å². The second kappa shape index (κ2) is 2.62. The fourth-order valence-electron chi connectivity index (χ4n) is 0.467. The third kappa shape index (κ3) is 1.22. The molecule has 0 aliphatic rings. The summed E-state index contributed by atoms with van der Waals surface area (Å²) in [6.07, 6.45) is 1.43. The van der Waals surface area contributed by atoms with Crippen molar-refractivity contribution in [3.8, 4) is 6.07 Å². The van der Waals surface area contributed by atoms with E-state index in [4.69, 9.17) is 11.0 Å². The fourth-order valence-corrected chi connectivity index (χ4v) is 0.760. The summed E-state index contributed by atoms with van der Waals surface area (Å²) in [6.45, 7) is 0. The molecule has 2 N–H and O–H groups in total. The number of rotatable bonds is 0. The first kappa shape index (κ1) is 6.96. The molecule has 0 unspecified atom stereocenters. The van der Waals surface area contributed by atoms with E-state index in [2.05, 4.69) is 25.9 Å². The lowest BCUT2D eigenvalue weighted by atomic mass is 10.4. The largest absolute Gasteiger partial charge is 0.381 e. The summed E-state index contributed by atoms with van der Waals surface area (Å²) >= 11 is 3.06. The van der Waals surface area contributed by atoms with E-state index in [1.54, 1.807) is 6.07 Å². The molecule has 4 nitrogen and oxygen atoms in total. The van der Waals surface area contributed by atoms with Crippen LogP contribution >= 0.6 is 15.9 Å². The Labute approximate surface area is 65.8 Å². The molecule has 0 aliphatic carbocycles. The highest BCUT2D eigenvalue weighted by molar-refractivity contribution is 9.10. The van der Waals surface area contributed by atoms with Gasteiger partial charge in [-0.2, -0.15) is 5.26 Å². The van der Waals surface area contributed by atoms with Crippen LogP contribution in [-0.4, -0.2) is 9.97 Å². The van der Waals surface area contributed by atoms with Gasteiger partial charge < -0.3 is 5.73 Å². The summed E-state index contributed by atoms with van der Waals surface area (Å²) in [4.78, 5) is 7.45. The van der Waals surface area contributed by atoms with Gasteiger partial charge in [-0.3, -0.25) is 0 Å². The minimum absolute atomic E-state index is 0.150. The summed E-state index contributed by atoms with van der Waals surface area (Å²) in [5.74, 6) is 0.150. The van der Waals surface area contributed by atoms with Gasteiger partial charge in [0.2, 0.25) is 0 Å². The number of nitriles is 1. The molecule has 1 aromatic heterocycles. The zero-order chi connectivity index (χ0) is 7.56. The van der Waals surface area contributed by atoms with Crippen LogP contribution in [0.5, 0.6) is 0 Å². The molecule has 5 heteroatoms. The Kier molecular flexibility index (Phi) is 1.83. The number of nitrogen functional groups attached to an aromatic ring is 1. The van der Waals surface area contributed by atoms with Gasteiger partial charge in [-0.25, -0.2) is 9.97 Å². The monoisotopic (exact) mass is 198 g/mol. The topological polar surface area (TPSA) is 75.6 Å². The lowest BCUT2D eigenvalue weighted by molar-refractivity contribution is 1.14. The highest BCUT2D eigenvalue weighted by atomic mass is 79.9. The van der Waals surface area contributed by atoms with Crippen LogP contribution in [0.15, 0.2) is 10.8 Å². The molecule has 0 bridgehead atoms. The molecular weight excluding hydrogens is 196 g/mol. The molecule has 10 heavy (non-hydrogen) atoms. The predicted octanol–water partition coefficient (Wildman–Crippen LogP) is 0.693. The van der Waals surface area contributed by atoms with E-state index in [1.165, 1.54) is 6.20 Å². The van der Waals surface area contributed by atoms with E-state index in [0.29, 0.717) is 4.60 Å². The first-order valence-corrected chi connectivity index (χ1v) is 3.21. The fraction of sp³-hybridized carbons (Fsp3) is 0. The maximum atomic E-state index is 8.36. The van der Waals surface area contributed by atoms with E-state index in [-0.39, 0.29) is 11.5 Å². The number of hydrogen-bond acceptors (Lipinski definition) is 4. The molecule has 50 valence electrons. The van der Waals surface area contributed by atoms with Crippen LogP contribution in [0.2, 0.25) is 0 Å². The average molecular weight is 199 g/mol. The van der Waals surface area contributed by atoms with Gasteiger partial charge in [0.05, 0.1) is 6.20 Å². The Hall–Kier alpha value is -1.15. The summed E-state index contributed by atoms with van der Waals surface area (Å²) in [5, 5.41) is 8.36. The number of aromatic nitrogens is 2. The van der Waals surface area contributed by atoms with Crippen LogP contribution in [0, 0.1) is 11.3 Å². The van der Waals surface area contributed by atoms with Crippen molar-refractivity contribution in [2.24, 2.45) is 0 Å². The van der Waals surface area contributed by atoms with Crippen molar-refractivity contribution in [3.63, 3.8) is 0 Å². The van der Waals surface area contributed by atoms with Gasteiger partial charge >= 0.3 is 0 Å². The smallest absolute Gasteiger partial charge is 0.182 e. The molecule has 0 saturated carbocycles. The highest BCUT2D eigenvalue weighted by Crippen LogP contribution is 2.08. The molecule has 1 heterocycles. The summed E-state index contributed by atoms with van der Waals surface area (Å²) in [7, 11) is 0. The van der Waals surface area contributed by atoms with Crippen molar-refractivity contribution in [3.05, 3.63) is 16.5 Å². The molecule has 0 spiro atoms. The van der Waals surface area contributed by atoms with Gasteiger partial charge in [0, 0.05) is 0 Å². The second-order valence-electron chi connectivity index (χ2n) is 1.54. The maximum absolute atomic E-state index is 8.36. The van der Waals surface area contributed by atoms with Gasteiger partial charge in [0.15, 0.2) is 11.5 Å². The second-order valence-corrected chi connectivity index (χ2v) is 2.35. The van der Waals surface area contributed by atoms with Crippen molar-refractivity contribution in [2.75, 3.05) is 5.73 Å². The van der Waals surface area contributed by atoms with Crippen molar-refractivity contribution in [1.82, 2.24) is 9.97 Å². The molecule has 0 atom stereocenters. The summed E-state index contributed by atoms with van der Waals surface area (Å²) in [5.41, 5.74) is 5.46. The van der Waals surface area contributed by atoms with Crippen molar-refractivity contribution >= 4 is 21.7 Å². The van der Waals surface area contributed by atoms with Crippen LogP contribution in [0.25, 0.3) is 0 Å². The molecule has 1 rings (SSSR count). The van der Waals surface area contributed by atoms with Crippen molar-refractivity contribution < 1.29 is 0 Å². The van der Waals surface area contributed by atoms with Crippen LogP contribution in [0.1, 0.15) is 5.69 Å². The third-order valence-corrected chi connectivity index (χ3v) is 1.26. The number of halogens is 1. The van der Waals surface area contributed by atoms with E-state index in [1.807, 2.05) is 0 Å². The minimum atomic E-state index is 0.150. The maximum Gasteiger partial charge on any atom is 0.182 e. The quantitative estimate of drug-likeness (QED) is 0.666. The van der Waals surface area contributed by atoms with E-state index < -0.39 is 0 Å². The zero-order valence-corrected chi connectivity index (χ0v) is 6.46. The van der Waals surface area contributed by atoms with Crippen molar-refractivity contribution in [1.29, 1.82) is 5.26 Å². The van der Waals surface area contributed by atoms with Crippen LogP contribution in [0.3, 0.4) is 0 Å². The van der Waals surface area contributed by atoms with Crippen LogP contribution < -0.4 is 5.73 Å². The molecule has 0 saturated heterocycles. The first-order chi connectivity index (χ1) is 4.74. The zero-order valence-electron chi connectivity index (χ0n) is 4.87. The molecular formula is C5H3BrN4. The normalized spacial score (nSPS) is 8.80. The summed E-state index contributed by atoms with van der Waals surface area (Å²) < 4.78 is 0.531. The van der Waals surface area contributed by atoms with Gasteiger partial charge in [-0.15, -0.1) is 0 Å². The SMILES string of the molecule is N#Cc1ncc(Br)nc1N. The molecule has 0 radical (unpaired) electrons. The molecule has 0 aromatic carbocycles. The standard InChI is InChI=1S/C5H3BrN4/c6-4-2-9-3(1-7)5(8)10-4/h2H,(H2,8,10). The van der Waals surface area contributed by atoms with Gasteiger partial charge in [-0.1, -0.05) is 0 Å². The third-order valence-electron chi connectivity index (χ3n) is 0.876. The van der Waals surface area contributed by atoms with Crippen molar-refractivity contribution in [2.45, 2.75) is 0 Å². The van der Waals surface area contributed by atoms with Gasteiger partial charge in [0.25, 0.3) is 0 Å². The Balaban J connectivity index is 3.23. The van der Waals surface area contributed by atoms with Gasteiger partial charge in [-0.05, 0) is 15.9 Å². The minimum Gasteiger partial charge on any atom is -0.381 e. The lowest BCUT2D eigenvalue weighted by Gasteiger charge is -1.93. The number of anilines is 1. The Morgan fingerprint density at radius 1 is 1.70 bits per heavy atom. The Morgan fingerprint density at radius 2 is 2.40 bits per heavy atom. The van der Waals surface area contributed by atoms with E-state index >= 15 is 0 Å². The lowest BCUT2D eigenvalue weighted by Crippen LogP contribution is -1.96. The average Bonchev–Trinajstić information content (AvgIpc) is 1.88. The van der Waals surface area contributed by atoms with Gasteiger partial charge in [0.1, 0.15) is 10.7 Å². The predicted molar refractivity (Wildman–Crippen MR) is 38.9 cm³/mol. The molecule has 0 fully saturated rings.